The molecule has 0 bridgehead atoms. The highest BCUT2D eigenvalue weighted by Crippen LogP contribution is 2.45. The molecule has 13 nitrogen and oxygen atoms in total. The van der Waals surface area contributed by atoms with E-state index in [-0.39, 0.29) is 56.8 Å². The number of methoxy groups -OCH3 is 1. The molecule has 0 spiro atoms. The van der Waals surface area contributed by atoms with Crippen LogP contribution in [0.4, 0.5) is 20.2 Å². The van der Waals surface area contributed by atoms with Gasteiger partial charge in [0.2, 0.25) is 10.9 Å². The SMILES string of the molecule is CNC1CCCN(c2c(F)cc3c(=O)c(C(=O)O)cn(C4CC4)c3c2OC)C1.NC1CCN(c2c(F)cc3c(=O)c(C(=O)O)cn(C4CC4)c3c2Cl)C1. The lowest BCUT2D eigenvalue weighted by molar-refractivity contribution is 0.0684. The standard InChI is InChI=1S/C20H24FN3O4.C17H17ClFN3O3/c1-22-11-4-3-7-23(9-11)17-15(21)8-13-16(19(17)28-2)24(12-5-6-12)10-14(18(13)25)20(26)27;18-13-14-10(5-12(19)15(13)21-4-3-8(20)6-21)16(23)11(17(24)25)7-22(14)9-1-2-9/h8,10-12,22H,3-7,9H2,1-2H3,(H,26,27);5,7-9H,1-4,6,20H2,(H,24,25). The zero-order valence-corrected chi connectivity index (χ0v) is 30.1. The van der Waals surface area contributed by atoms with Crippen molar-refractivity contribution in [3.05, 3.63) is 72.8 Å². The van der Waals surface area contributed by atoms with Gasteiger partial charge in [0, 0.05) is 62.7 Å². The van der Waals surface area contributed by atoms with Crippen LogP contribution in [0.1, 0.15) is 77.7 Å². The second-order valence-electron chi connectivity index (χ2n) is 14.3. The van der Waals surface area contributed by atoms with E-state index in [4.69, 9.17) is 22.1 Å². The van der Waals surface area contributed by atoms with Crippen molar-refractivity contribution in [3.8, 4) is 5.75 Å². The third-order valence-corrected chi connectivity index (χ3v) is 11.0. The van der Waals surface area contributed by atoms with Crippen molar-refractivity contribution < 1.29 is 33.3 Å². The quantitative estimate of drug-likeness (QED) is 0.196. The molecule has 2 aromatic heterocycles. The molecule has 2 saturated carbocycles. The molecule has 2 aliphatic carbocycles. The number of rotatable bonds is 8. The average molecular weight is 755 g/mol. The van der Waals surface area contributed by atoms with Crippen LogP contribution in [-0.4, -0.2) is 83.7 Å². The number of carbonyl (C=O) groups is 2. The Morgan fingerprint density at radius 2 is 1.36 bits per heavy atom. The van der Waals surface area contributed by atoms with E-state index in [1.165, 1.54) is 25.6 Å². The van der Waals surface area contributed by atoms with Gasteiger partial charge < -0.3 is 44.9 Å². The lowest BCUT2D eigenvalue weighted by Crippen LogP contribution is -2.45. The minimum atomic E-state index is -1.33. The number of ether oxygens (including phenoxy) is 1. The van der Waals surface area contributed by atoms with Crippen LogP contribution in [0.25, 0.3) is 21.8 Å². The summed E-state index contributed by atoms with van der Waals surface area (Å²) in [5.41, 5.74) is 5.24. The van der Waals surface area contributed by atoms with Crippen LogP contribution >= 0.6 is 11.6 Å². The van der Waals surface area contributed by atoms with Crippen LogP contribution < -0.4 is 36.4 Å². The number of carboxylic acid groups (broad SMARTS) is 2. The minimum Gasteiger partial charge on any atom is -0.492 e. The van der Waals surface area contributed by atoms with Gasteiger partial charge in [-0.3, -0.25) is 9.59 Å². The Balaban J connectivity index is 0.000000165. The summed E-state index contributed by atoms with van der Waals surface area (Å²) in [5.74, 6) is -3.53. The number of hydrogen-bond donors (Lipinski definition) is 4. The fraction of sp³-hybridized carbons (Fsp3) is 0.459. The number of piperidine rings is 1. The van der Waals surface area contributed by atoms with E-state index in [0.29, 0.717) is 48.6 Å². The monoisotopic (exact) mass is 754 g/mol. The van der Waals surface area contributed by atoms with E-state index in [0.717, 1.165) is 51.0 Å². The molecule has 53 heavy (non-hydrogen) atoms. The Bertz CT molecular complexity index is 2270. The van der Waals surface area contributed by atoms with Gasteiger partial charge in [0.1, 0.15) is 22.6 Å². The van der Waals surface area contributed by atoms with Crippen molar-refractivity contribution in [1.82, 2.24) is 14.5 Å². The zero-order chi connectivity index (χ0) is 37.9. The fourth-order valence-corrected chi connectivity index (χ4v) is 8.05. The first-order chi connectivity index (χ1) is 25.3. The molecule has 0 amide bonds. The average Bonchev–Trinajstić information content (AvgIpc) is 4.07. The molecular formula is C37H41ClF2N6O7. The van der Waals surface area contributed by atoms with Crippen LogP contribution in [0, 0.1) is 11.6 Å². The third kappa shape index (κ3) is 6.70. The first kappa shape index (κ1) is 36.6. The Morgan fingerprint density at radius 1 is 0.830 bits per heavy atom. The Hall–Kier alpha value is -4.73. The number of fused-ring (bicyclic) bond motifs is 2. The van der Waals surface area contributed by atoms with E-state index in [1.54, 1.807) is 14.0 Å². The van der Waals surface area contributed by atoms with E-state index >= 15 is 4.39 Å². The Labute approximate surface area is 307 Å². The molecule has 282 valence electrons. The summed E-state index contributed by atoms with van der Waals surface area (Å²) >= 11 is 6.53. The van der Waals surface area contributed by atoms with E-state index in [2.05, 4.69) is 5.32 Å². The summed E-state index contributed by atoms with van der Waals surface area (Å²) in [6, 6.07) is 2.65. The smallest absolute Gasteiger partial charge is 0.341 e. The first-order valence-corrected chi connectivity index (χ1v) is 18.1. The molecule has 4 aliphatic rings. The number of carboxylic acids is 2. The maximum Gasteiger partial charge on any atom is 0.341 e. The summed E-state index contributed by atoms with van der Waals surface area (Å²) in [7, 11) is 3.35. The second kappa shape index (κ2) is 14.3. The summed E-state index contributed by atoms with van der Waals surface area (Å²) in [4.78, 5) is 51.9. The predicted molar refractivity (Wildman–Crippen MR) is 197 cm³/mol. The molecule has 4 fully saturated rings. The van der Waals surface area contributed by atoms with Crippen molar-refractivity contribution in [3.63, 3.8) is 0 Å². The van der Waals surface area contributed by atoms with Gasteiger partial charge in [0.25, 0.3) is 0 Å². The number of aromatic nitrogens is 2. The molecule has 16 heteroatoms. The van der Waals surface area contributed by atoms with Crippen molar-refractivity contribution in [2.24, 2.45) is 5.73 Å². The number of likely N-dealkylation sites (N-methyl/N-ethyl adjacent to an activating group) is 1. The molecule has 2 aliphatic heterocycles. The number of anilines is 2. The van der Waals surface area contributed by atoms with Crippen molar-refractivity contribution >= 4 is 56.7 Å². The molecule has 2 saturated heterocycles. The van der Waals surface area contributed by atoms with E-state index in [1.807, 2.05) is 11.9 Å². The Morgan fingerprint density at radius 3 is 1.85 bits per heavy atom. The molecule has 5 N–H and O–H groups in total. The van der Waals surface area contributed by atoms with Gasteiger partial charge in [-0.2, -0.15) is 0 Å². The second-order valence-corrected chi connectivity index (χ2v) is 14.6. The highest BCUT2D eigenvalue weighted by atomic mass is 35.5. The van der Waals surface area contributed by atoms with Crippen LogP contribution in [-0.2, 0) is 0 Å². The maximum absolute atomic E-state index is 15.2. The van der Waals surface area contributed by atoms with Crippen molar-refractivity contribution in [2.45, 2.75) is 69.1 Å². The number of hydrogen-bond acceptors (Lipinski definition) is 9. The molecule has 2 atom stereocenters. The molecule has 2 unspecified atom stereocenters. The molecule has 4 heterocycles. The van der Waals surface area contributed by atoms with Gasteiger partial charge in [-0.15, -0.1) is 0 Å². The van der Waals surface area contributed by atoms with Crippen molar-refractivity contribution in [2.75, 3.05) is 50.1 Å². The Kier molecular flexibility index (Phi) is 9.85. The normalized spacial score (nSPS) is 20.1. The van der Waals surface area contributed by atoms with E-state index in [9.17, 15) is 33.8 Å². The number of benzene rings is 2. The van der Waals surface area contributed by atoms with Gasteiger partial charge in [-0.05, 0) is 64.1 Å². The molecule has 4 aromatic rings. The highest BCUT2D eigenvalue weighted by molar-refractivity contribution is 6.38. The molecule has 2 aromatic carbocycles. The van der Waals surface area contributed by atoms with Crippen LogP contribution in [0.3, 0.4) is 0 Å². The first-order valence-electron chi connectivity index (χ1n) is 17.8. The molecule has 0 radical (unpaired) electrons. The summed E-state index contributed by atoms with van der Waals surface area (Å²) in [6.45, 7) is 2.40. The fourth-order valence-electron chi connectivity index (χ4n) is 7.64. The largest absolute Gasteiger partial charge is 0.492 e. The maximum atomic E-state index is 15.2. The number of nitrogens with zero attached hydrogens (tertiary/aromatic N) is 4. The minimum absolute atomic E-state index is 0.00143. The molecule has 8 rings (SSSR count). The van der Waals surface area contributed by atoms with Gasteiger partial charge in [0.05, 0.1) is 39.6 Å². The topological polar surface area (TPSA) is 172 Å². The lowest BCUT2D eigenvalue weighted by Gasteiger charge is -2.35. The molecular weight excluding hydrogens is 714 g/mol. The predicted octanol–water partition coefficient (Wildman–Crippen LogP) is 4.74. The summed E-state index contributed by atoms with van der Waals surface area (Å²) in [5, 5.41) is 22.1. The van der Waals surface area contributed by atoms with Crippen molar-refractivity contribution in [1.29, 1.82) is 0 Å². The van der Waals surface area contributed by atoms with Crippen LogP contribution in [0.5, 0.6) is 5.75 Å². The van der Waals surface area contributed by atoms with Gasteiger partial charge >= 0.3 is 11.9 Å². The van der Waals surface area contributed by atoms with Gasteiger partial charge in [-0.25, -0.2) is 18.4 Å². The summed E-state index contributed by atoms with van der Waals surface area (Å²) < 4.78 is 39.1. The van der Waals surface area contributed by atoms with Crippen LogP contribution in [0.2, 0.25) is 5.02 Å². The summed E-state index contributed by atoms with van der Waals surface area (Å²) in [6.07, 6.45) is 8.88. The highest BCUT2D eigenvalue weighted by Gasteiger charge is 2.34. The van der Waals surface area contributed by atoms with Crippen LogP contribution in [0.15, 0.2) is 34.1 Å². The van der Waals surface area contributed by atoms with E-state index < -0.39 is 34.4 Å². The number of halogens is 3. The van der Waals surface area contributed by atoms with Gasteiger partial charge in [0.15, 0.2) is 11.6 Å². The number of pyridine rings is 2. The number of nitrogens with one attached hydrogen (secondary N) is 1. The number of nitrogens with two attached hydrogens (primary N) is 1. The number of aromatic carboxylic acids is 2. The lowest BCUT2D eigenvalue weighted by atomic mass is 10.0. The van der Waals surface area contributed by atoms with Gasteiger partial charge in [-0.1, -0.05) is 11.6 Å². The zero-order valence-electron chi connectivity index (χ0n) is 29.3. The third-order valence-electron chi connectivity index (χ3n) is 10.6.